The first-order valence-electron chi connectivity index (χ1n) is 3.53. The summed E-state index contributed by atoms with van der Waals surface area (Å²) in [5.41, 5.74) is 0. The van der Waals surface area contributed by atoms with E-state index in [-0.39, 0.29) is 10.2 Å². The van der Waals surface area contributed by atoms with Gasteiger partial charge in [-0.25, -0.2) is 4.39 Å². The van der Waals surface area contributed by atoms with E-state index in [0.29, 0.717) is 0 Å². The van der Waals surface area contributed by atoms with Crippen molar-refractivity contribution in [2.24, 2.45) is 0 Å². The monoisotopic (exact) mass is 272 g/mol. The summed E-state index contributed by atoms with van der Waals surface area (Å²) in [4.78, 5) is 0. The third kappa shape index (κ3) is 3.53. The first kappa shape index (κ1) is 11.3. The number of rotatable bonds is 2. The predicted molar refractivity (Wildman–Crippen MR) is 45.7 cm³/mol. The number of hydrogen-bond donors (Lipinski definition) is 0. The molecule has 1 rings (SSSR count). The Hall–Kier alpha value is -0.780. The standard InChI is InChI=1S/C8H5BrF4O/c9-6-3-5(10)1-2-7(6)14-4-8(11,12)13/h1-3H,4H2. The largest absolute Gasteiger partial charge is 0.483 e. The van der Waals surface area contributed by atoms with Crippen LogP contribution in [-0.2, 0) is 0 Å². The van der Waals surface area contributed by atoms with Gasteiger partial charge in [0.2, 0.25) is 0 Å². The Balaban J connectivity index is 2.68. The quantitative estimate of drug-likeness (QED) is 0.749. The average molecular weight is 273 g/mol. The van der Waals surface area contributed by atoms with Crippen molar-refractivity contribution < 1.29 is 22.3 Å². The van der Waals surface area contributed by atoms with Crippen LogP contribution in [0.15, 0.2) is 22.7 Å². The third-order valence-corrected chi connectivity index (χ3v) is 1.90. The van der Waals surface area contributed by atoms with Crippen LogP contribution in [0.2, 0.25) is 0 Å². The molecule has 0 spiro atoms. The van der Waals surface area contributed by atoms with E-state index in [1.165, 1.54) is 0 Å². The van der Waals surface area contributed by atoms with Crippen molar-refractivity contribution in [3.8, 4) is 5.75 Å². The molecule has 1 aromatic rings. The molecule has 0 aliphatic carbocycles. The van der Waals surface area contributed by atoms with Crippen LogP contribution in [-0.4, -0.2) is 12.8 Å². The minimum absolute atomic E-state index is 0.0382. The van der Waals surface area contributed by atoms with E-state index in [1.54, 1.807) is 0 Å². The van der Waals surface area contributed by atoms with Crippen LogP contribution in [0.1, 0.15) is 0 Å². The minimum atomic E-state index is -4.40. The Bertz CT molecular complexity index is 324. The zero-order chi connectivity index (χ0) is 10.8. The van der Waals surface area contributed by atoms with Crippen molar-refractivity contribution in [2.45, 2.75) is 6.18 Å². The van der Waals surface area contributed by atoms with E-state index in [2.05, 4.69) is 20.7 Å². The smallest absolute Gasteiger partial charge is 0.422 e. The van der Waals surface area contributed by atoms with Gasteiger partial charge in [-0.2, -0.15) is 13.2 Å². The molecular formula is C8H5BrF4O. The van der Waals surface area contributed by atoms with Gasteiger partial charge in [0.1, 0.15) is 11.6 Å². The van der Waals surface area contributed by atoms with E-state index in [9.17, 15) is 17.6 Å². The summed E-state index contributed by atoms with van der Waals surface area (Å²) in [7, 11) is 0. The normalized spacial score (nSPS) is 11.5. The fourth-order valence-corrected chi connectivity index (χ4v) is 1.22. The highest BCUT2D eigenvalue weighted by Gasteiger charge is 2.28. The van der Waals surface area contributed by atoms with Gasteiger partial charge in [0, 0.05) is 0 Å². The predicted octanol–water partition coefficient (Wildman–Crippen LogP) is 3.53. The first-order valence-corrected chi connectivity index (χ1v) is 4.32. The zero-order valence-electron chi connectivity index (χ0n) is 6.74. The Morgan fingerprint density at radius 2 is 1.93 bits per heavy atom. The maximum absolute atomic E-state index is 12.5. The molecular weight excluding hydrogens is 268 g/mol. The van der Waals surface area contributed by atoms with Crippen LogP contribution in [0.25, 0.3) is 0 Å². The van der Waals surface area contributed by atoms with Gasteiger partial charge in [0.15, 0.2) is 6.61 Å². The minimum Gasteiger partial charge on any atom is -0.483 e. The molecule has 0 aliphatic heterocycles. The lowest BCUT2D eigenvalue weighted by Gasteiger charge is -2.10. The van der Waals surface area contributed by atoms with Crippen molar-refractivity contribution in [3.63, 3.8) is 0 Å². The highest BCUT2D eigenvalue weighted by Crippen LogP contribution is 2.27. The highest BCUT2D eigenvalue weighted by molar-refractivity contribution is 9.10. The summed E-state index contributed by atoms with van der Waals surface area (Å²) in [6.45, 7) is -1.39. The lowest BCUT2D eigenvalue weighted by atomic mass is 10.3. The van der Waals surface area contributed by atoms with Crippen LogP contribution in [0.5, 0.6) is 5.75 Å². The molecule has 0 bridgehead atoms. The van der Waals surface area contributed by atoms with Crippen molar-refractivity contribution >= 4 is 15.9 Å². The van der Waals surface area contributed by atoms with Crippen molar-refractivity contribution in [1.82, 2.24) is 0 Å². The Morgan fingerprint density at radius 3 is 2.43 bits per heavy atom. The molecule has 0 radical (unpaired) electrons. The van der Waals surface area contributed by atoms with E-state index in [0.717, 1.165) is 18.2 Å². The van der Waals surface area contributed by atoms with E-state index < -0.39 is 18.6 Å². The van der Waals surface area contributed by atoms with Crippen LogP contribution in [0, 0.1) is 5.82 Å². The third-order valence-electron chi connectivity index (χ3n) is 1.29. The molecule has 0 saturated heterocycles. The van der Waals surface area contributed by atoms with E-state index in [4.69, 9.17) is 0 Å². The summed E-state index contributed by atoms with van der Waals surface area (Å²) in [5, 5.41) is 0. The Labute approximate surface area is 85.8 Å². The molecule has 0 heterocycles. The lowest BCUT2D eigenvalue weighted by Crippen LogP contribution is -2.19. The van der Waals surface area contributed by atoms with Gasteiger partial charge in [0.05, 0.1) is 4.47 Å². The van der Waals surface area contributed by atoms with Crippen LogP contribution < -0.4 is 4.74 Å². The Morgan fingerprint density at radius 1 is 1.29 bits per heavy atom. The van der Waals surface area contributed by atoms with Crippen molar-refractivity contribution in [3.05, 3.63) is 28.5 Å². The molecule has 0 aromatic heterocycles. The topological polar surface area (TPSA) is 9.23 Å². The summed E-state index contributed by atoms with van der Waals surface area (Å²) in [6, 6.07) is 3.19. The zero-order valence-corrected chi connectivity index (χ0v) is 8.32. The molecule has 6 heteroatoms. The van der Waals surface area contributed by atoms with Crippen LogP contribution in [0.3, 0.4) is 0 Å². The maximum atomic E-state index is 12.5. The average Bonchev–Trinajstić information content (AvgIpc) is 2.00. The van der Waals surface area contributed by atoms with Crippen LogP contribution >= 0.6 is 15.9 Å². The molecule has 1 aromatic carbocycles. The molecule has 14 heavy (non-hydrogen) atoms. The number of hydrogen-bond acceptors (Lipinski definition) is 1. The van der Waals surface area contributed by atoms with Gasteiger partial charge in [-0.15, -0.1) is 0 Å². The number of benzene rings is 1. The molecule has 78 valence electrons. The van der Waals surface area contributed by atoms with Gasteiger partial charge >= 0.3 is 6.18 Å². The van der Waals surface area contributed by atoms with Gasteiger partial charge in [0.25, 0.3) is 0 Å². The molecule has 1 nitrogen and oxygen atoms in total. The fourth-order valence-electron chi connectivity index (χ4n) is 0.752. The molecule has 0 N–H and O–H groups in total. The summed E-state index contributed by atoms with van der Waals surface area (Å²) < 4.78 is 52.3. The summed E-state index contributed by atoms with van der Waals surface area (Å²) in [6.07, 6.45) is -4.40. The molecule has 0 atom stereocenters. The maximum Gasteiger partial charge on any atom is 0.422 e. The number of halogens is 5. The van der Waals surface area contributed by atoms with Crippen molar-refractivity contribution in [2.75, 3.05) is 6.61 Å². The second-order valence-corrected chi connectivity index (χ2v) is 3.33. The Kier molecular flexibility index (Phi) is 3.36. The van der Waals surface area contributed by atoms with E-state index in [1.807, 2.05) is 0 Å². The molecule has 0 amide bonds. The van der Waals surface area contributed by atoms with Crippen molar-refractivity contribution in [1.29, 1.82) is 0 Å². The highest BCUT2D eigenvalue weighted by atomic mass is 79.9. The first-order chi connectivity index (χ1) is 6.38. The second kappa shape index (κ2) is 4.16. The molecule has 0 unspecified atom stereocenters. The summed E-state index contributed by atoms with van der Waals surface area (Å²) in [5.74, 6) is -0.583. The summed E-state index contributed by atoms with van der Waals surface area (Å²) >= 11 is 2.88. The molecule has 0 aliphatic rings. The van der Waals surface area contributed by atoms with Gasteiger partial charge < -0.3 is 4.74 Å². The number of alkyl halides is 3. The SMILES string of the molecule is Fc1ccc(OCC(F)(F)F)c(Br)c1. The van der Waals surface area contributed by atoms with Crippen LogP contribution in [0.4, 0.5) is 17.6 Å². The molecule has 0 fully saturated rings. The number of ether oxygens (including phenoxy) is 1. The molecule has 0 saturated carbocycles. The van der Waals surface area contributed by atoms with Gasteiger partial charge in [-0.05, 0) is 34.1 Å². The van der Waals surface area contributed by atoms with E-state index >= 15 is 0 Å². The lowest BCUT2D eigenvalue weighted by molar-refractivity contribution is -0.153. The van der Waals surface area contributed by atoms with Gasteiger partial charge in [-0.1, -0.05) is 0 Å². The second-order valence-electron chi connectivity index (χ2n) is 2.48. The van der Waals surface area contributed by atoms with Gasteiger partial charge in [-0.3, -0.25) is 0 Å². The fraction of sp³-hybridized carbons (Fsp3) is 0.250.